The second kappa shape index (κ2) is 3.98. The fraction of sp³-hybridized carbons (Fsp3) is 0.444. The van der Waals surface area contributed by atoms with Crippen LogP contribution >= 0.6 is 27.7 Å². The first-order chi connectivity index (χ1) is 7.91. The number of fused-ring (bicyclic) bond motifs is 1. The van der Waals surface area contributed by atoms with E-state index in [-0.39, 0.29) is 6.61 Å². The molecular formula is C9H10BrNO2S. The molecular weight excluding hydrogens is 266 g/mol. The number of rotatable bonds is 1. The number of ether oxygens (including phenoxy) is 2. The molecule has 0 amide bonds. The Balaban J connectivity index is 2.34. The molecule has 1 atom stereocenters. The van der Waals surface area contributed by atoms with Crippen molar-refractivity contribution in [1.29, 1.82) is 0 Å². The molecule has 0 saturated heterocycles. The van der Waals surface area contributed by atoms with Crippen LogP contribution in [0, 0.1) is 0 Å². The van der Waals surface area contributed by atoms with Gasteiger partial charge in [-0.3, -0.25) is 0 Å². The second-order valence-electron chi connectivity index (χ2n) is 2.70. The third kappa shape index (κ3) is 1.83. The summed E-state index contributed by atoms with van der Waals surface area (Å²) in [4.78, 5) is 4.23. The predicted octanol–water partition coefficient (Wildman–Crippen LogP) is 2.73. The summed E-state index contributed by atoms with van der Waals surface area (Å²) in [5.41, 5.74) is 0. The van der Waals surface area contributed by atoms with E-state index in [1.54, 1.807) is 6.07 Å². The molecule has 0 N–H and O–H groups in total. The van der Waals surface area contributed by atoms with E-state index in [4.69, 9.17) is 13.6 Å². The van der Waals surface area contributed by atoms with Gasteiger partial charge in [-0.1, -0.05) is 0 Å². The Morgan fingerprint density at radius 1 is 1.79 bits per heavy atom. The number of hydrogen-bond donors (Lipinski definition) is 0. The zero-order valence-electron chi connectivity index (χ0n) is 10.4. The highest BCUT2D eigenvalue weighted by Crippen LogP contribution is 2.39. The summed E-state index contributed by atoms with van der Waals surface area (Å²) in [6.07, 6.45) is 0.950. The lowest BCUT2D eigenvalue weighted by Gasteiger charge is -2.24. The van der Waals surface area contributed by atoms with Crippen molar-refractivity contribution in [3.05, 3.63) is 10.7 Å². The number of thioether (sulfide) groups is 1. The van der Waals surface area contributed by atoms with Gasteiger partial charge in [0.25, 0.3) is 0 Å². The quantitative estimate of drug-likeness (QED) is 0.584. The summed E-state index contributed by atoms with van der Waals surface area (Å²) in [7, 11) is 0. The fourth-order valence-electron chi connectivity index (χ4n) is 1.13. The van der Waals surface area contributed by atoms with Gasteiger partial charge in [0.1, 0.15) is 17.7 Å². The van der Waals surface area contributed by atoms with Crippen LogP contribution in [-0.2, 0) is 0 Å². The summed E-state index contributed by atoms with van der Waals surface area (Å²) < 4.78 is 33.3. The van der Waals surface area contributed by atoms with Gasteiger partial charge in [-0.25, -0.2) is 4.98 Å². The van der Waals surface area contributed by atoms with E-state index in [2.05, 4.69) is 20.9 Å². The third-order valence-corrected chi connectivity index (χ3v) is 2.90. The lowest BCUT2D eigenvalue weighted by Crippen LogP contribution is -2.26. The molecule has 0 saturated carbocycles. The van der Waals surface area contributed by atoms with Gasteiger partial charge in [-0.15, -0.1) is 11.8 Å². The Morgan fingerprint density at radius 3 is 3.36 bits per heavy atom. The number of nitrogens with zero attached hydrogens (tertiary/aromatic N) is 1. The number of pyridine rings is 1. The Bertz CT molecular complexity index is 441. The lowest BCUT2D eigenvalue weighted by atomic mass is 10.3. The molecule has 0 bridgehead atoms. The van der Waals surface area contributed by atoms with Crippen LogP contribution in [0.25, 0.3) is 0 Å². The molecule has 0 fully saturated rings. The number of halogens is 1. The molecule has 2 rings (SSSR count). The minimum absolute atomic E-state index is 0.00238. The molecule has 1 aromatic rings. The SMILES string of the molecule is [2H]C([2H])([2H])C1COc2c(cc(SC)nc2Br)O1. The van der Waals surface area contributed by atoms with Gasteiger partial charge in [0.2, 0.25) is 0 Å². The summed E-state index contributed by atoms with van der Waals surface area (Å²) >= 11 is 4.72. The molecule has 76 valence electrons. The van der Waals surface area contributed by atoms with Crippen LogP contribution in [0.4, 0.5) is 0 Å². The van der Waals surface area contributed by atoms with Crippen molar-refractivity contribution >= 4 is 27.7 Å². The van der Waals surface area contributed by atoms with E-state index in [0.717, 1.165) is 5.03 Å². The van der Waals surface area contributed by atoms with Crippen molar-refractivity contribution in [1.82, 2.24) is 4.98 Å². The first-order valence-corrected chi connectivity index (χ1v) is 5.97. The van der Waals surface area contributed by atoms with Crippen LogP contribution in [0.15, 0.2) is 15.7 Å². The normalized spacial score (nSPS) is 23.6. The van der Waals surface area contributed by atoms with Crippen molar-refractivity contribution in [3.8, 4) is 11.5 Å². The standard InChI is InChI=1S/C9H10BrNO2S/c1-5-4-12-8-6(13-5)3-7(14-2)11-9(8)10/h3,5H,4H2,1-2H3/i1D3. The maximum Gasteiger partial charge on any atom is 0.194 e. The van der Waals surface area contributed by atoms with Crippen LogP contribution in [0.1, 0.15) is 11.0 Å². The van der Waals surface area contributed by atoms with E-state index >= 15 is 0 Å². The zero-order valence-corrected chi connectivity index (χ0v) is 9.81. The predicted molar refractivity (Wildman–Crippen MR) is 59.3 cm³/mol. The summed E-state index contributed by atoms with van der Waals surface area (Å²) in [6, 6.07) is 1.68. The molecule has 0 spiro atoms. The Kier molecular flexibility index (Phi) is 1.98. The summed E-state index contributed by atoms with van der Waals surface area (Å²) in [5, 5.41) is 0.741. The molecule has 14 heavy (non-hydrogen) atoms. The largest absolute Gasteiger partial charge is 0.483 e. The van der Waals surface area contributed by atoms with Crippen molar-refractivity contribution in [2.75, 3.05) is 12.9 Å². The fourth-order valence-corrected chi connectivity index (χ4v) is 2.15. The van der Waals surface area contributed by atoms with Gasteiger partial charge in [0.05, 0.1) is 0 Å². The van der Waals surface area contributed by atoms with E-state index in [1.165, 1.54) is 11.8 Å². The lowest BCUT2D eigenvalue weighted by molar-refractivity contribution is 0.102. The first kappa shape index (κ1) is 6.95. The molecule has 2 heterocycles. The molecule has 1 aliphatic rings. The van der Waals surface area contributed by atoms with Crippen LogP contribution in [-0.4, -0.2) is 24.0 Å². The molecule has 0 aliphatic carbocycles. The molecule has 1 aliphatic heterocycles. The highest BCUT2D eigenvalue weighted by Gasteiger charge is 2.21. The maximum atomic E-state index is 7.32. The zero-order chi connectivity index (χ0) is 12.6. The van der Waals surface area contributed by atoms with Crippen molar-refractivity contribution in [2.24, 2.45) is 0 Å². The molecule has 1 aromatic heterocycles. The monoisotopic (exact) mass is 278 g/mol. The van der Waals surface area contributed by atoms with Gasteiger partial charge in [0, 0.05) is 10.2 Å². The molecule has 5 heteroatoms. The van der Waals surface area contributed by atoms with Crippen LogP contribution in [0.3, 0.4) is 0 Å². The number of hydrogen-bond acceptors (Lipinski definition) is 4. The minimum Gasteiger partial charge on any atom is -0.483 e. The van der Waals surface area contributed by atoms with Gasteiger partial charge in [-0.2, -0.15) is 0 Å². The highest BCUT2D eigenvalue weighted by atomic mass is 79.9. The minimum atomic E-state index is -2.19. The van der Waals surface area contributed by atoms with Crippen molar-refractivity contribution in [3.63, 3.8) is 0 Å². The van der Waals surface area contributed by atoms with E-state index in [0.29, 0.717) is 16.1 Å². The van der Waals surface area contributed by atoms with Gasteiger partial charge < -0.3 is 9.47 Å². The van der Waals surface area contributed by atoms with Gasteiger partial charge in [-0.05, 0) is 29.0 Å². The van der Waals surface area contributed by atoms with E-state index in [9.17, 15) is 0 Å². The van der Waals surface area contributed by atoms with Crippen molar-refractivity contribution < 1.29 is 13.6 Å². The smallest absolute Gasteiger partial charge is 0.194 e. The molecule has 1 unspecified atom stereocenters. The van der Waals surface area contributed by atoms with Crippen LogP contribution in [0.2, 0.25) is 0 Å². The Labute approximate surface area is 99.5 Å². The number of aromatic nitrogens is 1. The summed E-state index contributed by atoms with van der Waals surface area (Å²) in [6.45, 7) is -2.19. The third-order valence-electron chi connectivity index (χ3n) is 1.73. The molecule has 0 aromatic carbocycles. The highest BCUT2D eigenvalue weighted by molar-refractivity contribution is 9.10. The average molecular weight is 279 g/mol. The van der Waals surface area contributed by atoms with Crippen LogP contribution in [0.5, 0.6) is 11.5 Å². The Hall–Kier alpha value is -0.420. The Morgan fingerprint density at radius 2 is 2.64 bits per heavy atom. The van der Waals surface area contributed by atoms with Gasteiger partial charge in [0.15, 0.2) is 16.1 Å². The van der Waals surface area contributed by atoms with E-state index in [1.807, 2.05) is 6.26 Å². The average Bonchev–Trinajstić information content (AvgIpc) is 2.27. The second-order valence-corrected chi connectivity index (χ2v) is 4.28. The topological polar surface area (TPSA) is 31.4 Å². The van der Waals surface area contributed by atoms with Crippen molar-refractivity contribution in [2.45, 2.75) is 18.0 Å². The van der Waals surface area contributed by atoms with E-state index < -0.39 is 13.0 Å². The molecule has 0 radical (unpaired) electrons. The maximum absolute atomic E-state index is 7.32. The van der Waals surface area contributed by atoms with Crippen LogP contribution < -0.4 is 9.47 Å². The first-order valence-electron chi connectivity index (χ1n) is 5.46. The summed E-state index contributed by atoms with van der Waals surface area (Å²) in [5.74, 6) is 0.881. The molecule has 3 nitrogen and oxygen atoms in total. The van der Waals surface area contributed by atoms with Gasteiger partial charge >= 0.3 is 0 Å².